The first-order valence-corrected chi connectivity index (χ1v) is 44.3. The van der Waals surface area contributed by atoms with Gasteiger partial charge in [0.15, 0.2) is 7.35 Å². The Labute approximate surface area is 242 Å². The molecule has 1 aliphatic rings. The van der Waals surface area contributed by atoms with Gasteiger partial charge in [-0.05, 0) is 11.0 Å². The lowest BCUT2D eigenvalue weighted by Crippen LogP contribution is -2.80. The lowest BCUT2D eigenvalue weighted by molar-refractivity contribution is 0.0772. The molecule has 0 saturated carbocycles. The van der Waals surface area contributed by atoms with Crippen molar-refractivity contribution in [1.82, 2.24) is 0 Å². The summed E-state index contributed by atoms with van der Waals surface area (Å²) in [6, 6.07) is 0. The number of rotatable bonds is 8. The normalized spacial score (nSPS) is 23.4. The molecule has 0 amide bonds. The zero-order chi connectivity index (χ0) is 30.3. The van der Waals surface area contributed by atoms with Gasteiger partial charge in [-0.2, -0.15) is 0 Å². The van der Waals surface area contributed by atoms with Crippen molar-refractivity contribution in [3.05, 3.63) is 22.2 Å². The molecule has 0 aromatic rings. The molecule has 0 radical (unpaired) electrons. The van der Waals surface area contributed by atoms with E-state index in [0.717, 1.165) is 0 Å². The van der Waals surface area contributed by atoms with Gasteiger partial charge in [0.25, 0.3) is 0 Å². The monoisotopic (exact) mass is 644 g/mol. The lowest BCUT2D eigenvalue weighted by Gasteiger charge is -2.58. The minimum absolute atomic E-state index is 0.0746. The third-order valence-corrected chi connectivity index (χ3v) is 87.6. The highest BCUT2D eigenvalue weighted by atomic mass is 29.7. The first kappa shape index (κ1) is 36.2. The van der Waals surface area contributed by atoms with Crippen LogP contribution in [0.5, 0.6) is 0 Å². The Balaban J connectivity index is 4.73. The van der Waals surface area contributed by atoms with Gasteiger partial charge in [-0.1, -0.05) is 162 Å². The van der Waals surface area contributed by atoms with Gasteiger partial charge in [0, 0.05) is 15.2 Å². The van der Waals surface area contributed by atoms with Crippen molar-refractivity contribution < 1.29 is 4.43 Å². The van der Waals surface area contributed by atoms with E-state index < -0.39 is 61.0 Å². The lowest BCUT2D eigenvalue weighted by atomic mass is 9.84. The largest absolute Gasteiger partial charge is 0.411 e. The smallest absolute Gasteiger partial charge is 0.190 e. The summed E-state index contributed by atoms with van der Waals surface area (Å²) in [6.45, 7) is 58.4. The van der Waals surface area contributed by atoms with Crippen LogP contribution in [0.1, 0.15) is 20.8 Å². The van der Waals surface area contributed by atoms with Gasteiger partial charge in [0.2, 0.25) is 0 Å². The maximum absolute atomic E-state index is 8.43. The third kappa shape index (κ3) is 5.78. The van der Waals surface area contributed by atoms with Crippen molar-refractivity contribution in [2.45, 2.75) is 150 Å². The van der Waals surface area contributed by atoms with Gasteiger partial charge >= 0.3 is 0 Å². The zero-order valence-electron chi connectivity index (χ0n) is 29.6. The molecule has 0 aliphatic carbocycles. The van der Waals surface area contributed by atoms with Crippen LogP contribution in [0.15, 0.2) is 22.2 Å². The zero-order valence-corrected chi connectivity index (χ0v) is 37.6. The van der Waals surface area contributed by atoms with Crippen molar-refractivity contribution in [3.63, 3.8) is 0 Å². The Hall–Kier alpha value is 1.18. The highest BCUT2D eigenvalue weighted by Gasteiger charge is 2.74. The van der Waals surface area contributed by atoms with Gasteiger partial charge in [-0.25, -0.2) is 0 Å². The second-order valence-corrected chi connectivity index (χ2v) is 84.1. The predicted molar refractivity (Wildman–Crippen MR) is 197 cm³/mol. The standard InChI is InChI=1S/C28H68OSi8/c1-27(2,3)28(30(4,5)6)25(23-24-35(19,20)31(7,8)9)26(36(21,22)32(10,11)12)37(29-28,33(13,14)15)34(16,17)18/h23-24H,1-22H3. The molecular weight excluding hydrogens is 577 g/mol. The SMILES string of the molecule is CC(C)(C)C1([Si](C)(C)C)O[Si]([Si](C)(C)C)([Si](C)(C)C)C([Si](C)(C)[Si](C)(C)C)=C1C=C[Si](C)(C)[Si](C)(C)C. The summed E-state index contributed by atoms with van der Waals surface area (Å²) in [6.07, 6.45) is 2.78. The number of hydrogen-bond acceptors (Lipinski definition) is 1. The third-order valence-electron chi connectivity index (χ3n) is 10.6. The first-order chi connectivity index (χ1) is 15.7. The Bertz CT molecular complexity index is 890. The van der Waals surface area contributed by atoms with Crippen LogP contribution in [0.3, 0.4) is 0 Å². The molecule has 0 fully saturated rings. The molecule has 218 valence electrons. The van der Waals surface area contributed by atoms with Crippen molar-refractivity contribution in [2.75, 3.05) is 0 Å². The Kier molecular flexibility index (Phi) is 9.67. The van der Waals surface area contributed by atoms with E-state index in [2.05, 4.69) is 157 Å². The van der Waals surface area contributed by atoms with Gasteiger partial charge in [-0.3, -0.25) is 0 Å². The van der Waals surface area contributed by atoms with Crippen molar-refractivity contribution in [1.29, 1.82) is 0 Å². The van der Waals surface area contributed by atoms with Crippen LogP contribution in [0.4, 0.5) is 0 Å². The Morgan fingerprint density at radius 1 is 0.622 bits per heavy atom. The fourth-order valence-corrected chi connectivity index (χ4v) is 84.3. The molecule has 0 saturated heterocycles. The summed E-state index contributed by atoms with van der Waals surface area (Å²) in [5.74, 6) is 0. The van der Waals surface area contributed by atoms with E-state index in [9.17, 15) is 0 Å². The summed E-state index contributed by atoms with van der Waals surface area (Å²) >= 11 is 0. The Morgan fingerprint density at radius 3 is 1.24 bits per heavy atom. The van der Waals surface area contributed by atoms with Gasteiger partial charge in [-0.15, -0.1) is 0 Å². The topological polar surface area (TPSA) is 9.23 Å². The average Bonchev–Trinajstić information content (AvgIpc) is 2.91. The molecule has 0 aromatic heterocycles. The van der Waals surface area contributed by atoms with Crippen LogP contribution in [0.25, 0.3) is 0 Å². The number of hydrogen-bond donors (Lipinski definition) is 0. The van der Waals surface area contributed by atoms with E-state index in [1.165, 1.54) is 0 Å². The highest BCUT2D eigenvalue weighted by Crippen LogP contribution is 2.60. The minimum Gasteiger partial charge on any atom is -0.411 e. The molecule has 0 N–H and O–H groups in total. The quantitative estimate of drug-likeness (QED) is 0.239. The van der Waals surface area contributed by atoms with Crippen LogP contribution in [0, 0.1) is 5.41 Å². The van der Waals surface area contributed by atoms with E-state index >= 15 is 0 Å². The fraction of sp³-hybridized carbons (Fsp3) is 0.857. The van der Waals surface area contributed by atoms with Gasteiger partial charge in [0.1, 0.15) is 0 Å². The average molecular weight is 646 g/mol. The molecule has 1 rings (SSSR count). The minimum atomic E-state index is -2.21. The van der Waals surface area contributed by atoms with Crippen LogP contribution in [-0.2, 0) is 4.43 Å². The van der Waals surface area contributed by atoms with Crippen LogP contribution in [0.2, 0.25) is 124 Å². The van der Waals surface area contributed by atoms with Crippen molar-refractivity contribution in [2.24, 2.45) is 5.41 Å². The maximum atomic E-state index is 8.43. The maximum Gasteiger partial charge on any atom is 0.190 e. The summed E-state index contributed by atoms with van der Waals surface area (Å²) in [7, 11) is -13.3. The molecule has 0 spiro atoms. The second-order valence-electron chi connectivity index (χ2n) is 19.4. The van der Waals surface area contributed by atoms with Crippen LogP contribution >= 0.6 is 0 Å². The first-order valence-electron chi connectivity index (χ1n) is 14.8. The summed E-state index contributed by atoms with van der Waals surface area (Å²) in [4.78, 5) is 2.03. The highest BCUT2D eigenvalue weighted by molar-refractivity contribution is 7.73. The van der Waals surface area contributed by atoms with Crippen LogP contribution < -0.4 is 0 Å². The summed E-state index contributed by atoms with van der Waals surface area (Å²) in [5, 5.41) is -0.119. The van der Waals surface area contributed by atoms with Gasteiger partial charge < -0.3 is 4.43 Å². The molecule has 1 nitrogen and oxygen atoms in total. The molecule has 1 aliphatic heterocycles. The van der Waals surface area contributed by atoms with E-state index in [1.807, 2.05) is 4.82 Å². The molecule has 9 heteroatoms. The van der Waals surface area contributed by atoms with E-state index in [-0.39, 0.29) is 10.6 Å². The molecule has 37 heavy (non-hydrogen) atoms. The van der Waals surface area contributed by atoms with Crippen molar-refractivity contribution >= 4 is 61.0 Å². The molecule has 0 bridgehead atoms. The predicted octanol–water partition coefficient (Wildman–Crippen LogP) is 10.2. The molecular formula is C28H68OSi8. The molecule has 1 unspecified atom stereocenters. The fourth-order valence-electron chi connectivity index (χ4n) is 7.02. The Morgan fingerprint density at radius 2 is 1.00 bits per heavy atom. The summed E-state index contributed by atoms with van der Waals surface area (Å²) < 4.78 is 8.43. The van der Waals surface area contributed by atoms with E-state index in [1.54, 1.807) is 5.57 Å². The van der Waals surface area contributed by atoms with Crippen molar-refractivity contribution in [3.8, 4) is 0 Å². The van der Waals surface area contributed by atoms with Gasteiger partial charge in [0.05, 0.1) is 43.7 Å². The van der Waals surface area contributed by atoms with E-state index in [4.69, 9.17) is 4.43 Å². The van der Waals surface area contributed by atoms with Crippen LogP contribution in [-0.4, -0.2) is 66.2 Å². The molecule has 0 aromatic carbocycles. The summed E-state index contributed by atoms with van der Waals surface area (Å²) in [5.41, 5.74) is 4.64. The second kappa shape index (κ2) is 9.88. The molecule has 1 heterocycles. The molecule has 1 atom stereocenters. The van der Waals surface area contributed by atoms with E-state index in [0.29, 0.717) is 0 Å².